The van der Waals surface area contributed by atoms with Gasteiger partial charge in [0.25, 0.3) is 0 Å². The van der Waals surface area contributed by atoms with Crippen molar-refractivity contribution in [3.05, 3.63) is 40.4 Å². The molecule has 0 atom stereocenters. The van der Waals surface area contributed by atoms with Gasteiger partial charge in [-0.15, -0.1) is 11.3 Å². The van der Waals surface area contributed by atoms with Crippen molar-refractivity contribution < 1.29 is 0 Å². The second kappa shape index (κ2) is 5.69. The lowest BCUT2D eigenvalue weighted by Crippen LogP contribution is -1.84. The normalized spacial score (nSPS) is 10.8. The fraction of sp³-hybridized carbons (Fsp3) is 0.357. The molecule has 1 heterocycles. The summed E-state index contributed by atoms with van der Waals surface area (Å²) in [6.07, 6.45) is 2.10. The molecule has 0 saturated heterocycles. The summed E-state index contributed by atoms with van der Waals surface area (Å²) in [6.45, 7) is 4.26. The SMILES string of the molecule is CCc1ccc(-c2nc(C)c(CCS)s2)cc1. The molecule has 0 fully saturated rings. The molecule has 1 aromatic heterocycles. The molecule has 0 bridgehead atoms. The Kier molecular flexibility index (Phi) is 4.24. The number of hydrogen-bond acceptors (Lipinski definition) is 3. The maximum Gasteiger partial charge on any atom is 0.123 e. The molecule has 0 aliphatic carbocycles. The molecule has 0 radical (unpaired) electrons. The lowest BCUT2D eigenvalue weighted by molar-refractivity contribution is 1.13. The molecule has 90 valence electrons. The number of rotatable bonds is 4. The molecule has 0 spiro atoms. The van der Waals surface area contributed by atoms with Crippen LogP contribution in [0.3, 0.4) is 0 Å². The van der Waals surface area contributed by atoms with E-state index in [1.165, 1.54) is 16.0 Å². The molecule has 1 aromatic carbocycles. The fourth-order valence-electron chi connectivity index (χ4n) is 1.77. The number of thiazole rings is 1. The van der Waals surface area contributed by atoms with Crippen LogP contribution in [-0.4, -0.2) is 10.7 Å². The number of hydrogen-bond donors (Lipinski definition) is 1. The van der Waals surface area contributed by atoms with Gasteiger partial charge in [0.05, 0.1) is 5.69 Å². The molecule has 0 unspecified atom stereocenters. The first kappa shape index (κ1) is 12.7. The molecule has 1 nitrogen and oxygen atoms in total. The van der Waals surface area contributed by atoms with Crippen molar-refractivity contribution >= 4 is 24.0 Å². The van der Waals surface area contributed by atoms with Gasteiger partial charge >= 0.3 is 0 Å². The summed E-state index contributed by atoms with van der Waals surface area (Å²) in [4.78, 5) is 6.00. The first-order chi connectivity index (χ1) is 8.24. The van der Waals surface area contributed by atoms with E-state index in [9.17, 15) is 0 Å². The van der Waals surface area contributed by atoms with Crippen LogP contribution in [0.15, 0.2) is 24.3 Å². The van der Waals surface area contributed by atoms with Gasteiger partial charge < -0.3 is 0 Å². The van der Waals surface area contributed by atoms with E-state index < -0.39 is 0 Å². The highest BCUT2D eigenvalue weighted by molar-refractivity contribution is 7.80. The van der Waals surface area contributed by atoms with Crippen molar-refractivity contribution in [3.63, 3.8) is 0 Å². The summed E-state index contributed by atoms with van der Waals surface area (Å²) < 4.78 is 0. The molecule has 0 aliphatic heterocycles. The molecular formula is C14H17NS2. The monoisotopic (exact) mass is 263 g/mol. The highest BCUT2D eigenvalue weighted by Crippen LogP contribution is 2.28. The first-order valence-electron chi connectivity index (χ1n) is 5.91. The lowest BCUT2D eigenvalue weighted by atomic mass is 10.1. The minimum Gasteiger partial charge on any atom is -0.241 e. The van der Waals surface area contributed by atoms with Crippen LogP contribution in [0.5, 0.6) is 0 Å². The summed E-state index contributed by atoms with van der Waals surface area (Å²) in [5, 5.41) is 1.13. The van der Waals surface area contributed by atoms with Gasteiger partial charge in [0, 0.05) is 10.4 Å². The van der Waals surface area contributed by atoms with Crippen molar-refractivity contribution in [1.29, 1.82) is 0 Å². The second-order valence-electron chi connectivity index (χ2n) is 4.05. The van der Waals surface area contributed by atoms with Crippen LogP contribution in [0.4, 0.5) is 0 Å². The van der Waals surface area contributed by atoms with E-state index in [2.05, 4.69) is 55.7 Å². The van der Waals surface area contributed by atoms with Crippen molar-refractivity contribution in [2.24, 2.45) is 0 Å². The molecule has 0 saturated carbocycles. The van der Waals surface area contributed by atoms with Gasteiger partial charge in [-0.05, 0) is 31.1 Å². The zero-order valence-electron chi connectivity index (χ0n) is 10.2. The molecule has 0 amide bonds. The quantitative estimate of drug-likeness (QED) is 0.818. The molecular weight excluding hydrogens is 246 g/mol. The zero-order valence-corrected chi connectivity index (χ0v) is 11.9. The van der Waals surface area contributed by atoms with Crippen LogP contribution in [0.25, 0.3) is 10.6 Å². The number of aryl methyl sites for hydroxylation is 3. The predicted octanol–water partition coefficient (Wildman–Crippen LogP) is 4.15. The minimum absolute atomic E-state index is 0.886. The Morgan fingerprint density at radius 3 is 2.53 bits per heavy atom. The topological polar surface area (TPSA) is 12.9 Å². The Balaban J connectivity index is 2.29. The van der Waals surface area contributed by atoms with Crippen LogP contribution in [-0.2, 0) is 12.8 Å². The van der Waals surface area contributed by atoms with Gasteiger partial charge in [-0.1, -0.05) is 31.2 Å². The number of aromatic nitrogens is 1. The standard InChI is InChI=1S/C14H17NS2/c1-3-11-4-6-12(7-5-11)14-15-10(2)13(17-14)8-9-16/h4-7,16H,3,8-9H2,1-2H3. The van der Waals surface area contributed by atoms with Gasteiger partial charge in [0.2, 0.25) is 0 Å². The number of thiol groups is 1. The van der Waals surface area contributed by atoms with Gasteiger partial charge in [-0.3, -0.25) is 0 Å². The molecule has 3 heteroatoms. The molecule has 0 N–H and O–H groups in total. The van der Waals surface area contributed by atoms with E-state index in [1.54, 1.807) is 11.3 Å². The highest BCUT2D eigenvalue weighted by atomic mass is 32.1. The molecule has 2 rings (SSSR count). The Morgan fingerprint density at radius 1 is 1.24 bits per heavy atom. The van der Waals surface area contributed by atoms with Crippen LogP contribution in [0, 0.1) is 6.92 Å². The first-order valence-corrected chi connectivity index (χ1v) is 7.36. The van der Waals surface area contributed by atoms with E-state index in [0.29, 0.717) is 0 Å². The number of benzene rings is 1. The van der Waals surface area contributed by atoms with Gasteiger partial charge in [-0.2, -0.15) is 12.6 Å². The molecule has 17 heavy (non-hydrogen) atoms. The van der Waals surface area contributed by atoms with Crippen molar-refractivity contribution in [1.82, 2.24) is 4.98 Å². The zero-order chi connectivity index (χ0) is 12.3. The maximum absolute atomic E-state index is 4.64. The van der Waals surface area contributed by atoms with Gasteiger partial charge in [0.1, 0.15) is 5.01 Å². The largest absolute Gasteiger partial charge is 0.241 e. The van der Waals surface area contributed by atoms with Crippen molar-refractivity contribution in [2.45, 2.75) is 26.7 Å². The van der Waals surface area contributed by atoms with Crippen LogP contribution >= 0.6 is 24.0 Å². The fourth-order valence-corrected chi connectivity index (χ4v) is 3.21. The summed E-state index contributed by atoms with van der Waals surface area (Å²) in [5.74, 6) is 0.886. The van der Waals surface area contributed by atoms with Gasteiger partial charge in [-0.25, -0.2) is 4.98 Å². The van der Waals surface area contributed by atoms with Crippen molar-refractivity contribution in [3.8, 4) is 10.6 Å². The third-order valence-electron chi connectivity index (χ3n) is 2.84. The third kappa shape index (κ3) is 2.90. The Labute approximate surface area is 112 Å². The van der Waals surface area contributed by atoms with Crippen molar-refractivity contribution in [2.75, 3.05) is 5.75 Å². The van der Waals surface area contributed by atoms with E-state index in [0.717, 1.165) is 29.3 Å². The van der Waals surface area contributed by atoms with E-state index >= 15 is 0 Å². The minimum atomic E-state index is 0.886. The summed E-state index contributed by atoms with van der Waals surface area (Å²) in [6, 6.07) is 8.71. The van der Waals surface area contributed by atoms with Crippen LogP contribution in [0.2, 0.25) is 0 Å². The summed E-state index contributed by atoms with van der Waals surface area (Å²) in [5.41, 5.74) is 3.75. The van der Waals surface area contributed by atoms with Crippen LogP contribution in [0.1, 0.15) is 23.1 Å². The maximum atomic E-state index is 4.64. The Bertz CT molecular complexity index is 485. The summed E-state index contributed by atoms with van der Waals surface area (Å²) >= 11 is 6.07. The van der Waals surface area contributed by atoms with E-state index in [-0.39, 0.29) is 0 Å². The lowest BCUT2D eigenvalue weighted by Gasteiger charge is -1.98. The second-order valence-corrected chi connectivity index (χ2v) is 5.58. The average molecular weight is 263 g/mol. The van der Waals surface area contributed by atoms with E-state index in [4.69, 9.17) is 0 Å². The van der Waals surface area contributed by atoms with Gasteiger partial charge in [0.15, 0.2) is 0 Å². The highest BCUT2D eigenvalue weighted by Gasteiger charge is 2.08. The molecule has 0 aliphatic rings. The van der Waals surface area contributed by atoms with Crippen LogP contribution < -0.4 is 0 Å². The Hall–Kier alpha value is -0.800. The smallest absolute Gasteiger partial charge is 0.123 e. The summed E-state index contributed by atoms with van der Waals surface area (Å²) in [7, 11) is 0. The Morgan fingerprint density at radius 2 is 1.94 bits per heavy atom. The third-order valence-corrected chi connectivity index (χ3v) is 4.33. The van der Waals surface area contributed by atoms with E-state index in [1.807, 2.05) is 0 Å². The molecule has 2 aromatic rings. The average Bonchev–Trinajstić information content (AvgIpc) is 2.72. The predicted molar refractivity (Wildman–Crippen MR) is 79.2 cm³/mol. The number of nitrogens with zero attached hydrogens (tertiary/aromatic N) is 1.